The van der Waals surface area contributed by atoms with E-state index in [2.05, 4.69) is 6.07 Å². The number of methoxy groups -OCH3 is 1. The van der Waals surface area contributed by atoms with Crippen LogP contribution < -0.4 is 4.74 Å². The van der Waals surface area contributed by atoms with Gasteiger partial charge in [0.1, 0.15) is 0 Å². The molecule has 1 radical (unpaired) electrons. The largest absolute Gasteiger partial charge is 0.494 e. The minimum Gasteiger partial charge on any atom is -0.494 e. The van der Waals surface area contributed by atoms with E-state index in [-0.39, 0.29) is 11.7 Å². The second kappa shape index (κ2) is 6.08. The first-order valence-corrected chi connectivity index (χ1v) is 8.24. The van der Waals surface area contributed by atoms with E-state index in [0.717, 1.165) is 4.90 Å². The molecule has 1 aromatic heterocycles. The van der Waals surface area contributed by atoms with E-state index in [9.17, 15) is 9.18 Å². The lowest BCUT2D eigenvalue weighted by Crippen LogP contribution is -2.13. The summed E-state index contributed by atoms with van der Waals surface area (Å²) < 4.78 is 20.5. The molecule has 0 saturated carbocycles. The Balaban J connectivity index is 2.12. The number of hydrogen-bond donors (Lipinski definition) is 0. The van der Waals surface area contributed by atoms with Crippen LogP contribution in [0.15, 0.2) is 41.3 Å². The van der Waals surface area contributed by atoms with Crippen molar-refractivity contribution in [3.63, 3.8) is 0 Å². The zero-order valence-electron chi connectivity index (χ0n) is 13.0. The van der Waals surface area contributed by atoms with E-state index in [0.29, 0.717) is 22.2 Å². The van der Waals surface area contributed by atoms with E-state index in [1.807, 2.05) is 18.4 Å². The van der Waals surface area contributed by atoms with Crippen LogP contribution in [0.3, 0.4) is 0 Å². The molecule has 3 nitrogen and oxygen atoms in total. The van der Waals surface area contributed by atoms with Crippen LogP contribution in [-0.4, -0.2) is 23.8 Å². The predicted molar refractivity (Wildman–Crippen MR) is 90.0 cm³/mol. The molecule has 0 aliphatic carbocycles. The van der Waals surface area contributed by atoms with Gasteiger partial charge < -0.3 is 4.74 Å². The summed E-state index contributed by atoms with van der Waals surface area (Å²) in [6, 6.07) is 13.3. The molecule has 0 aliphatic rings. The number of carbonyl (C=O) groups excluding carboxylic acids is 1. The quantitative estimate of drug-likeness (QED) is 0.672. The van der Waals surface area contributed by atoms with Crippen molar-refractivity contribution >= 4 is 28.6 Å². The van der Waals surface area contributed by atoms with Crippen LogP contribution in [0, 0.1) is 18.8 Å². The van der Waals surface area contributed by atoms with E-state index in [1.54, 1.807) is 36.9 Å². The van der Waals surface area contributed by atoms with Crippen molar-refractivity contribution in [2.45, 2.75) is 11.8 Å². The molecule has 2 aromatic carbocycles. The summed E-state index contributed by atoms with van der Waals surface area (Å²) in [4.78, 5) is 13.9. The van der Waals surface area contributed by atoms with Gasteiger partial charge in [-0.15, -0.1) is 11.8 Å². The molecule has 23 heavy (non-hydrogen) atoms. The highest BCUT2D eigenvalue weighted by Gasteiger charge is 2.17. The van der Waals surface area contributed by atoms with Crippen molar-refractivity contribution < 1.29 is 13.9 Å². The predicted octanol–water partition coefficient (Wildman–Crippen LogP) is 4.31. The maximum atomic E-state index is 14.0. The van der Waals surface area contributed by atoms with Gasteiger partial charge in [-0.1, -0.05) is 0 Å². The summed E-state index contributed by atoms with van der Waals surface area (Å²) in [7, 11) is 1.41. The Labute approximate surface area is 138 Å². The molecule has 0 aliphatic heterocycles. The maximum absolute atomic E-state index is 14.0. The third-order valence-electron chi connectivity index (χ3n) is 3.70. The Hall–Kier alpha value is -2.27. The van der Waals surface area contributed by atoms with Gasteiger partial charge >= 0.3 is 0 Å². The third kappa shape index (κ3) is 2.72. The maximum Gasteiger partial charge on any atom is 0.262 e. The number of carbonyl (C=O) groups is 1. The molecule has 3 rings (SSSR count). The van der Waals surface area contributed by atoms with Crippen molar-refractivity contribution in [1.29, 1.82) is 0 Å². The summed E-state index contributed by atoms with van der Waals surface area (Å²) >= 11 is 1.61. The van der Waals surface area contributed by atoms with Crippen molar-refractivity contribution in [2.24, 2.45) is 0 Å². The lowest BCUT2D eigenvalue weighted by atomic mass is 10.2. The van der Waals surface area contributed by atoms with Gasteiger partial charge in [0, 0.05) is 33.7 Å². The van der Waals surface area contributed by atoms with Gasteiger partial charge in [-0.3, -0.25) is 9.36 Å². The highest BCUT2D eigenvalue weighted by molar-refractivity contribution is 7.98. The summed E-state index contributed by atoms with van der Waals surface area (Å²) in [6.45, 7) is 1.78. The lowest BCUT2D eigenvalue weighted by molar-refractivity contribution is 0.0963. The minimum atomic E-state index is -0.502. The second-order valence-electron chi connectivity index (χ2n) is 5.08. The Morgan fingerprint density at radius 2 is 1.96 bits per heavy atom. The summed E-state index contributed by atoms with van der Waals surface area (Å²) in [6.07, 6.45) is 1.98. The number of benzene rings is 2. The summed E-state index contributed by atoms with van der Waals surface area (Å²) in [5.41, 5.74) is 1.67. The Morgan fingerprint density at radius 3 is 2.57 bits per heavy atom. The number of ether oxygens (including phenoxy) is 1. The standard InChI is InChI=1S/C18H15FNO2S/c1-11-8-13-9-17(22-2)15(19)10-16(13)20(11)18(21)12-4-6-14(23-3)7-5-12/h4-7,9-10H,1-3H3. The molecular formula is C18H15FNO2S. The van der Waals surface area contributed by atoms with Gasteiger partial charge in [0.2, 0.25) is 0 Å². The number of rotatable bonds is 3. The second-order valence-corrected chi connectivity index (χ2v) is 5.96. The zero-order chi connectivity index (χ0) is 16.6. The molecule has 1 heterocycles. The average Bonchev–Trinajstić information content (AvgIpc) is 2.88. The van der Waals surface area contributed by atoms with Crippen LogP contribution in [0.2, 0.25) is 0 Å². The Morgan fingerprint density at radius 1 is 1.26 bits per heavy atom. The fourth-order valence-corrected chi connectivity index (χ4v) is 2.95. The van der Waals surface area contributed by atoms with Crippen LogP contribution >= 0.6 is 11.8 Å². The van der Waals surface area contributed by atoms with E-state index < -0.39 is 5.82 Å². The monoisotopic (exact) mass is 328 g/mol. The molecular weight excluding hydrogens is 313 g/mol. The van der Waals surface area contributed by atoms with Gasteiger partial charge in [0.15, 0.2) is 11.6 Å². The van der Waals surface area contributed by atoms with Crippen molar-refractivity contribution in [2.75, 3.05) is 13.4 Å². The van der Waals surface area contributed by atoms with Gasteiger partial charge in [-0.2, -0.15) is 0 Å². The van der Waals surface area contributed by atoms with Gasteiger partial charge in [-0.05, 0) is 43.5 Å². The molecule has 0 unspecified atom stereocenters. The first kappa shape index (κ1) is 15.6. The molecule has 0 atom stereocenters. The molecule has 0 fully saturated rings. The van der Waals surface area contributed by atoms with E-state index >= 15 is 0 Å². The normalized spacial score (nSPS) is 11.0. The van der Waals surface area contributed by atoms with Crippen LogP contribution in [0.4, 0.5) is 4.39 Å². The minimum absolute atomic E-state index is 0.141. The van der Waals surface area contributed by atoms with Gasteiger partial charge in [0.25, 0.3) is 5.91 Å². The topological polar surface area (TPSA) is 31.2 Å². The summed E-state index contributed by atoms with van der Waals surface area (Å²) in [5, 5.41) is 0.648. The number of aromatic nitrogens is 1. The van der Waals surface area contributed by atoms with Crippen LogP contribution in [0.5, 0.6) is 5.75 Å². The molecule has 0 amide bonds. The fourth-order valence-electron chi connectivity index (χ4n) is 2.54. The number of hydrogen-bond acceptors (Lipinski definition) is 3. The summed E-state index contributed by atoms with van der Waals surface area (Å²) in [5.74, 6) is -0.563. The fraction of sp³-hybridized carbons (Fsp3) is 0.167. The SMILES string of the molecule is COc1cc2[c]c(C)n(C(=O)c3ccc(SC)cc3)c2cc1F. The molecule has 3 aromatic rings. The Bertz CT molecular complexity index is 884. The lowest BCUT2D eigenvalue weighted by Gasteiger charge is -2.08. The first-order valence-electron chi connectivity index (χ1n) is 7.01. The van der Waals surface area contributed by atoms with Crippen LogP contribution in [0.25, 0.3) is 10.9 Å². The smallest absolute Gasteiger partial charge is 0.262 e. The van der Waals surface area contributed by atoms with Crippen LogP contribution in [-0.2, 0) is 0 Å². The van der Waals surface area contributed by atoms with Crippen molar-refractivity contribution in [3.05, 3.63) is 59.5 Å². The Kier molecular flexibility index (Phi) is 4.13. The number of nitrogens with zero attached hydrogens (tertiary/aromatic N) is 1. The highest BCUT2D eigenvalue weighted by atomic mass is 32.2. The van der Waals surface area contributed by atoms with Crippen molar-refractivity contribution in [3.8, 4) is 5.75 Å². The molecule has 5 heteroatoms. The zero-order valence-corrected chi connectivity index (χ0v) is 13.8. The highest BCUT2D eigenvalue weighted by Crippen LogP contribution is 2.28. The number of fused-ring (bicyclic) bond motifs is 1. The van der Waals surface area contributed by atoms with Crippen molar-refractivity contribution in [1.82, 2.24) is 4.57 Å². The van der Waals surface area contributed by atoms with Gasteiger partial charge in [-0.25, -0.2) is 4.39 Å². The van der Waals surface area contributed by atoms with Gasteiger partial charge in [0.05, 0.1) is 12.6 Å². The third-order valence-corrected chi connectivity index (χ3v) is 4.45. The van der Waals surface area contributed by atoms with E-state index in [4.69, 9.17) is 4.74 Å². The van der Waals surface area contributed by atoms with Crippen LogP contribution in [0.1, 0.15) is 16.1 Å². The molecule has 117 valence electrons. The molecule has 0 N–H and O–H groups in total. The first-order chi connectivity index (χ1) is 11.0. The molecule has 0 saturated heterocycles. The molecule has 0 spiro atoms. The number of halogens is 1. The number of aryl methyl sites for hydroxylation is 1. The van der Waals surface area contributed by atoms with E-state index in [1.165, 1.54) is 17.7 Å². The number of thioether (sulfide) groups is 1. The average molecular weight is 328 g/mol. The molecule has 0 bridgehead atoms.